The van der Waals surface area contributed by atoms with Gasteiger partial charge in [0.25, 0.3) is 0 Å². The number of aryl methyl sites for hydroxylation is 1. The van der Waals surface area contributed by atoms with Crippen molar-refractivity contribution in [2.24, 2.45) is 7.05 Å². The first kappa shape index (κ1) is 16.4. The summed E-state index contributed by atoms with van der Waals surface area (Å²) in [4.78, 5) is 14.3. The monoisotopic (exact) mass is 322 g/mol. The fourth-order valence-corrected chi connectivity index (χ4v) is 3.21. The van der Waals surface area contributed by atoms with Crippen LogP contribution in [-0.2, 0) is 26.9 Å². The lowest BCUT2D eigenvalue weighted by molar-refractivity contribution is -0.148. The van der Waals surface area contributed by atoms with E-state index in [-0.39, 0.29) is 12.0 Å². The molecule has 7 heteroatoms. The van der Waals surface area contributed by atoms with Gasteiger partial charge in [0.05, 0.1) is 32.0 Å². The average molecular weight is 322 g/mol. The third-order valence-electron chi connectivity index (χ3n) is 4.61. The van der Waals surface area contributed by atoms with E-state index in [1.54, 1.807) is 4.68 Å². The van der Waals surface area contributed by atoms with Gasteiger partial charge in [0, 0.05) is 38.5 Å². The molecule has 1 aromatic rings. The SMILES string of the molecule is Cn1cc(C2(C)CN(C(=O)CNCC3CCCO3)CCO2)cn1. The Labute approximate surface area is 136 Å². The van der Waals surface area contributed by atoms with Crippen molar-refractivity contribution in [1.29, 1.82) is 0 Å². The number of carbonyl (C=O) groups excluding carboxylic acids is 1. The lowest BCUT2D eigenvalue weighted by Gasteiger charge is -2.40. The van der Waals surface area contributed by atoms with Gasteiger partial charge in [-0.15, -0.1) is 0 Å². The Morgan fingerprint density at radius 2 is 2.39 bits per heavy atom. The third-order valence-corrected chi connectivity index (χ3v) is 4.61. The predicted molar refractivity (Wildman–Crippen MR) is 84.9 cm³/mol. The van der Waals surface area contributed by atoms with E-state index in [1.807, 2.05) is 31.3 Å². The van der Waals surface area contributed by atoms with Crippen molar-refractivity contribution in [3.05, 3.63) is 18.0 Å². The molecule has 2 atom stereocenters. The van der Waals surface area contributed by atoms with Crippen molar-refractivity contribution < 1.29 is 14.3 Å². The molecule has 0 bridgehead atoms. The number of amides is 1. The Bertz CT molecular complexity index is 541. The Morgan fingerprint density at radius 1 is 1.52 bits per heavy atom. The van der Waals surface area contributed by atoms with Crippen LogP contribution in [0.15, 0.2) is 12.4 Å². The average Bonchev–Trinajstić information content (AvgIpc) is 3.19. The standard InChI is InChI=1S/C16H26N4O3/c1-16(13-8-18-19(2)11-13)12-20(5-7-23-16)15(21)10-17-9-14-4-3-6-22-14/h8,11,14,17H,3-7,9-10,12H2,1-2H3. The molecular formula is C16H26N4O3. The molecule has 1 aromatic heterocycles. The maximum absolute atomic E-state index is 12.4. The Morgan fingerprint density at radius 3 is 3.09 bits per heavy atom. The minimum atomic E-state index is -0.489. The molecule has 2 saturated heterocycles. The first-order chi connectivity index (χ1) is 11.1. The number of nitrogens with one attached hydrogen (secondary N) is 1. The zero-order valence-electron chi connectivity index (χ0n) is 14.0. The number of aromatic nitrogens is 2. The van der Waals surface area contributed by atoms with E-state index < -0.39 is 5.60 Å². The third kappa shape index (κ3) is 3.91. The van der Waals surface area contributed by atoms with Crippen LogP contribution in [0.25, 0.3) is 0 Å². The summed E-state index contributed by atoms with van der Waals surface area (Å²) in [5, 5.41) is 7.43. The summed E-state index contributed by atoms with van der Waals surface area (Å²) in [5.74, 6) is 0.112. The summed E-state index contributed by atoms with van der Waals surface area (Å²) in [6.07, 6.45) is 6.21. The Balaban J connectivity index is 1.52. The van der Waals surface area contributed by atoms with Crippen LogP contribution in [0.1, 0.15) is 25.3 Å². The summed E-state index contributed by atoms with van der Waals surface area (Å²) in [6, 6.07) is 0. The van der Waals surface area contributed by atoms with E-state index in [2.05, 4.69) is 10.4 Å². The quantitative estimate of drug-likeness (QED) is 0.842. The smallest absolute Gasteiger partial charge is 0.236 e. The van der Waals surface area contributed by atoms with Crippen molar-refractivity contribution in [1.82, 2.24) is 20.0 Å². The number of carbonyl (C=O) groups is 1. The maximum Gasteiger partial charge on any atom is 0.236 e. The normalized spacial score (nSPS) is 28.3. The molecule has 23 heavy (non-hydrogen) atoms. The second-order valence-electron chi connectivity index (χ2n) is 6.56. The van der Waals surface area contributed by atoms with Gasteiger partial charge in [0.1, 0.15) is 5.60 Å². The van der Waals surface area contributed by atoms with Crippen molar-refractivity contribution in [3.8, 4) is 0 Å². The van der Waals surface area contributed by atoms with Crippen LogP contribution in [0.3, 0.4) is 0 Å². The van der Waals surface area contributed by atoms with Gasteiger partial charge in [-0.3, -0.25) is 9.48 Å². The minimum absolute atomic E-state index is 0.112. The molecule has 0 radical (unpaired) electrons. The van der Waals surface area contributed by atoms with Gasteiger partial charge >= 0.3 is 0 Å². The number of morpholine rings is 1. The molecule has 0 aromatic carbocycles. The lowest BCUT2D eigenvalue weighted by Crippen LogP contribution is -2.52. The molecular weight excluding hydrogens is 296 g/mol. The van der Waals surface area contributed by atoms with E-state index in [4.69, 9.17) is 9.47 Å². The molecule has 0 aliphatic carbocycles. The largest absolute Gasteiger partial charge is 0.377 e. The second kappa shape index (κ2) is 6.98. The van der Waals surface area contributed by atoms with Gasteiger partial charge in [0.2, 0.25) is 5.91 Å². The molecule has 3 rings (SSSR count). The van der Waals surface area contributed by atoms with Crippen LogP contribution >= 0.6 is 0 Å². The fraction of sp³-hybridized carbons (Fsp3) is 0.750. The van der Waals surface area contributed by atoms with Crippen LogP contribution in [-0.4, -0.2) is 66.1 Å². The van der Waals surface area contributed by atoms with Crippen LogP contribution in [0, 0.1) is 0 Å². The molecule has 2 unspecified atom stereocenters. The number of ether oxygens (including phenoxy) is 2. The molecule has 1 N–H and O–H groups in total. The molecule has 0 saturated carbocycles. The molecule has 7 nitrogen and oxygen atoms in total. The molecule has 3 heterocycles. The van der Waals surface area contributed by atoms with Crippen LogP contribution in [0.4, 0.5) is 0 Å². The van der Waals surface area contributed by atoms with E-state index in [1.165, 1.54) is 0 Å². The van der Waals surface area contributed by atoms with Gasteiger partial charge in [-0.2, -0.15) is 5.10 Å². The highest BCUT2D eigenvalue weighted by atomic mass is 16.5. The molecule has 0 spiro atoms. The zero-order valence-corrected chi connectivity index (χ0v) is 14.0. The first-order valence-electron chi connectivity index (χ1n) is 8.30. The van der Waals surface area contributed by atoms with Crippen LogP contribution in [0.2, 0.25) is 0 Å². The molecule has 128 valence electrons. The summed E-state index contributed by atoms with van der Waals surface area (Å²) < 4.78 is 13.3. The number of nitrogens with zero attached hydrogens (tertiary/aromatic N) is 3. The molecule has 2 fully saturated rings. The molecule has 2 aliphatic heterocycles. The van der Waals surface area contributed by atoms with Gasteiger partial charge in [-0.1, -0.05) is 0 Å². The number of hydrogen-bond acceptors (Lipinski definition) is 5. The lowest BCUT2D eigenvalue weighted by atomic mass is 9.97. The molecule has 2 aliphatic rings. The van der Waals surface area contributed by atoms with Gasteiger partial charge in [-0.25, -0.2) is 0 Å². The summed E-state index contributed by atoms with van der Waals surface area (Å²) >= 11 is 0. The number of rotatable bonds is 5. The van der Waals surface area contributed by atoms with Crippen molar-refractivity contribution in [2.75, 3.05) is 39.4 Å². The zero-order chi connectivity index (χ0) is 16.3. The highest BCUT2D eigenvalue weighted by Crippen LogP contribution is 2.28. The van der Waals surface area contributed by atoms with Crippen molar-refractivity contribution in [2.45, 2.75) is 31.5 Å². The highest BCUT2D eigenvalue weighted by molar-refractivity contribution is 5.78. The fourth-order valence-electron chi connectivity index (χ4n) is 3.21. The first-order valence-corrected chi connectivity index (χ1v) is 8.30. The van der Waals surface area contributed by atoms with Gasteiger partial charge in [0.15, 0.2) is 0 Å². The van der Waals surface area contributed by atoms with Crippen molar-refractivity contribution in [3.63, 3.8) is 0 Å². The van der Waals surface area contributed by atoms with Gasteiger partial charge < -0.3 is 19.7 Å². The van der Waals surface area contributed by atoms with Crippen LogP contribution in [0.5, 0.6) is 0 Å². The van der Waals surface area contributed by atoms with E-state index in [9.17, 15) is 4.79 Å². The van der Waals surface area contributed by atoms with E-state index >= 15 is 0 Å². The summed E-state index contributed by atoms with van der Waals surface area (Å²) in [7, 11) is 1.88. The Kier molecular flexibility index (Phi) is 4.99. The summed E-state index contributed by atoms with van der Waals surface area (Å²) in [5.41, 5.74) is 0.515. The highest BCUT2D eigenvalue weighted by Gasteiger charge is 2.36. The van der Waals surface area contributed by atoms with Gasteiger partial charge in [-0.05, 0) is 19.8 Å². The molecule has 1 amide bonds. The second-order valence-corrected chi connectivity index (χ2v) is 6.56. The predicted octanol–water partition coefficient (Wildman–Crippen LogP) is 0.263. The van der Waals surface area contributed by atoms with Crippen LogP contribution < -0.4 is 5.32 Å². The van der Waals surface area contributed by atoms with Crippen molar-refractivity contribution >= 4 is 5.91 Å². The summed E-state index contributed by atoms with van der Waals surface area (Å²) in [6.45, 7) is 5.69. The Hall–Kier alpha value is -1.44. The topological polar surface area (TPSA) is 68.6 Å². The minimum Gasteiger partial charge on any atom is -0.377 e. The van der Waals surface area contributed by atoms with E-state index in [0.29, 0.717) is 26.2 Å². The van der Waals surface area contributed by atoms with E-state index in [0.717, 1.165) is 31.6 Å². The maximum atomic E-state index is 12.4. The number of hydrogen-bond donors (Lipinski definition) is 1.